The highest BCUT2D eigenvalue weighted by molar-refractivity contribution is 5.86. The van der Waals surface area contributed by atoms with Gasteiger partial charge in [0, 0.05) is 16.6 Å². The summed E-state index contributed by atoms with van der Waals surface area (Å²) in [6, 6.07) is 7.96. The van der Waals surface area contributed by atoms with Gasteiger partial charge >= 0.3 is 5.97 Å². The predicted molar refractivity (Wildman–Crippen MR) is 121 cm³/mol. The number of unbranched alkanes of at least 4 members (excludes halogenated alkanes) is 4. The molecule has 162 valence electrons. The highest BCUT2D eigenvalue weighted by atomic mass is 16.7. The SMILES string of the molecule is CC.CCCCCCCc1c(C)nc2ccccc2c1OCOC(=O)C(C)(C)C. The highest BCUT2D eigenvalue weighted by Crippen LogP contribution is 2.32. The molecular weight excluding hydrogens is 362 g/mol. The van der Waals surface area contributed by atoms with Crippen LogP contribution in [0.3, 0.4) is 0 Å². The molecule has 1 aromatic heterocycles. The highest BCUT2D eigenvalue weighted by Gasteiger charge is 2.23. The Kier molecular flexibility index (Phi) is 10.7. The van der Waals surface area contributed by atoms with Crippen LogP contribution in [0.2, 0.25) is 0 Å². The van der Waals surface area contributed by atoms with Crippen molar-refractivity contribution in [2.75, 3.05) is 6.79 Å². The number of aromatic nitrogens is 1. The third-order valence-electron chi connectivity index (χ3n) is 4.68. The van der Waals surface area contributed by atoms with Crippen molar-refractivity contribution in [1.82, 2.24) is 4.98 Å². The Hall–Kier alpha value is -2.10. The lowest BCUT2D eigenvalue weighted by molar-refractivity contribution is -0.159. The van der Waals surface area contributed by atoms with Gasteiger partial charge in [0.15, 0.2) is 0 Å². The first-order valence-corrected chi connectivity index (χ1v) is 11.0. The Morgan fingerprint density at radius 1 is 1.03 bits per heavy atom. The molecule has 0 fully saturated rings. The molecule has 0 saturated carbocycles. The average Bonchev–Trinajstić information content (AvgIpc) is 2.69. The molecule has 0 aliphatic heterocycles. The maximum atomic E-state index is 12.0. The first-order valence-electron chi connectivity index (χ1n) is 11.0. The van der Waals surface area contributed by atoms with Gasteiger partial charge < -0.3 is 9.47 Å². The van der Waals surface area contributed by atoms with Crippen LogP contribution in [0.5, 0.6) is 5.75 Å². The monoisotopic (exact) mass is 401 g/mol. The molecular formula is C25H39NO3. The van der Waals surface area contributed by atoms with Crippen LogP contribution in [0.25, 0.3) is 10.9 Å². The summed E-state index contributed by atoms with van der Waals surface area (Å²) < 4.78 is 11.3. The van der Waals surface area contributed by atoms with Crippen molar-refractivity contribution in [1.29, 1.82) is 0 Å². The number of hydrogen-bond donors (Lipinski definition) is 0. The normalized spacial score (nSPS) is 11.0. The summed E-state index contributed by atoms with van der Waals surface area (Å²) in [6.45, 7) is 13.7. The van der Waals surface area contributed by atoms with Crippen molar-refractivity contribution < 1.29 is 14.3 Å². The van der Waals surface area contributed by atoms with Crippen LogP contribution in [-0.4, -0.2) is 17.7 Å². The summed E-state index contributed by atoms with van der Waals surface area (Å²) in [4.78, 5) is 16.8. The number of hydrogen-bond acceptors (Lipinski definition) is 4. The van der Waals surface area contributed by atoms with E-state index in [1.165, 1.54) is 25.7 Å². The number of pyridine rings is 1. The topological polar surface area (TPSA) is 48.4 Å². The van der Waals surface area contributed by atoms with Gasteiger partial charge in [0.05, 0.1) is 10.9 Å². The van der Waals surface area contributed by atoms with Crippen molar-refractivity contribution in [3.8, 4) is 5.75 Å². The fraction of sp³-hybridized carbons (Fsp3) is 0.600. The van der Waals surface area contributed by atoms with E-state index >= 15 is 0 Å². The van der Waals surface area contributed by atoms with Gasteiger partial charge in [-0.1, -0.05) is 58.6 Å². The minimum Gasteiger partial charge on any atom is -0.456 e. The number of carbonyl (C=O) groups excluding carboxylic acids is 1. The fourth-order valence-electron chi connectivity index (χ4n) is 3.06. The van der Waals surface area contributed by atoms with Crippen molar-refractivity contribution in [2.45, 2.75) is 87.0 Å². The summed E-state index contributed by atoms with van der Waals surface area (Å²) >= 11 is 0. The number of rotatable bonds is 9. The summed E-state index contributed by atoms with van der Waals surface area (Å²) in [7, 11) is 0. The van der Waals surface area contributed by atoms with E-state index in [2.05, 4.69) is 6.92 Å². The van der Waals surface area contributed by atoms with E-state index in [0.717, 1.165) is 40.8 Å². The molecule has 0 atom stereocenters. The summed E-state index contributed by atoms with van der Waals surface area (Å²) in [5, 5.41) is 0.971. The van der Waals surface area contributed by atoms with Gasteiger partial charge in [0.2, 0.25) is 6.79 Å². The van der Waals surface area contributed by atoms with Gasteiger partial charge in [0.25, 0.3) is 0 Å². The van der Waals surface area contributed by atoms with Gasteiger partial charge in [0.1, 0.15) is 5.75 Å². The number of nitrogens with zero attached hydrogens (tertiary/aromatic N) is 1. The molecule has 0 unspecified atom stereocenters. The number of ether oxygens (including phenoxy) is 2. The minimum absolute atomic E-state index is 0.0770. The third kappa shape index (κ3) is 7.68. The predicted octanol–water partition coefficient (Wildman–Crippen LogP) is 7.01. The number of esters is 1. The molecule has 4 heteroatoms. The first kappa shape index (κ1) is 24.9. The molecule has 0 amide bonds. The number of benzene rings is 1. The van der Waals surface area contributed by atoms with E-state index < -0.39 is 5.41 Å². The van der Waals surface area contributed by atoms with Crippen molar-refractivity contribution in [3.05, 3.63) is 35.5 Å². The van der Waals surface area contributed by atoms with Crippen molar-refractivity contribution in [3.63, 3.8) is 0 Å². The van der Waals surface area contributed by atoms with E-state index in [-0.39, 0.29) is 12.8 Å². The smallest absolute Gasteiger partial charge is 0.314 e. The second-order valence-electron chi connectivity index (χ2n) is 8.13. The molecule has 0 bridgehead atoms. The molecule has 29 heavy (non-hydrogen) atoms. The molecule has 0 spiro atoms. The summed E-state index contributed by atoms with van der Waals surface area (Å²) in [5.74, 6) is 0.536. The van der Waals surface area contributed by atoms with Gasteiger partial charge in [-0.25, -0.2) is 0 Å². The van der Waals surface area contributed by atoms with E-state index in [0.29, 0.717) is 0 Å². The van der Waals surface area contributed by atoms with Crippen LogP contribution in [0, 0.1) is 12.3 Å². The molecule has 4 nitrogen and oxygen atoms in total. The maximum absolute atomic E-state index is 12.0. The maximum Gasteiger partial charge on any atom is 0.314 e. The molecule has 0 N–H and O–H groups in total. The Bertz CT molecular complexity index is 762. The van der Waals surface area contributed by atoms with E-state index in [9.17, 15) is 4.79 Å². The number of para-hydroxylation sites is 1. The van der Waals surface area contributed by atoms with Crippen molar-refractivity contribution >= 4 is 16.9 Å². The zero-order valence-electron chi connectivity index (χ0n) is 19.4. The van der Waals surface area contributed by atoms with Crippen LogP contribution in [-0.2, 0) is 16.0 Å². The lowest BCUT2D eigenvalue weighted by Crippen LogP contribution is -2.24. The van der Waals surface area contributed by atoms with E-state index in [1.54, 1.807) is 0 Å². The standard InChI is InChI=1S/C23H33NO3.C2H6/c1-6-7-8-9-10-13-18-17(2)24-20-15-12-11-14-19(20)21(18)26-16-27-22(25)23(3,4)5;1-2/h11-12,14-15H,6-10,13,16H2,1-5H3;1-2H3. The van der Waals surface area contributed by atoms with Crippen LogP contribution in [0.4, 0.5) is 0 Å². The minimum atomic E-state index is -0.540. The summed E-state index contributed by atoms with van der Waals surface area (Å²) in [5.41, 5.74) is 2.47. The van der Waals surface area contributed by atoms with E-state index in [1.807, 2.05) is 65.8 Å². The second kappa shape index (κ2) is 12.5. The Morgan fingerprint density at radius 3 is 2.34 bits per heavy atom. The van der Waals surface area contributed by atoms with Crippen molar-refractivity contribution in [2.24, 2.45) is 5.41 Å². The number of fused-ring (bicyclic) bond motifs is 1. The van der Waals surface area contributed by atoms with Gasteiger partial charge in [-0.15, -0.1) is 0 Å². The zero-order valence-corrected chi connectivity index (χ0v) is 19.4. The van der Waals surface area contributed by atoms with Gasteiger partial charge in [-0.05, 0) is 52.7 Å². The number of carbonyl (C=O) groups is 1. The lowest BCUT2D eigenvalue weighted by Gasteiger charge is -2.19. The average molecular weight is 402 g/mol. The molecule has 1 heterocycles. The number of aryl methyl sites for hydroxylation is 1. The zero-order chi connectivity index (χ0) is 21.9. The van der Waals surface area contributed by atoms with Crippen LogP contribution in [0.1, 0.15) is 84.9 Å². The molecule has 2 aromatic rings. The molecule has 1 aromatic carbocycles. The van der Waals surface area contributed by atoms with Gasteiger partial charge in [-0.2, -0.15) is 0 Å². The molecule has 0 radical (unpaired) electrons. The largest absolute Gasteiger partial charge is 0.456 e. The Morgan fingerprint density at radius 2 is 1.69 bits per heavy atom. The molecule has 0 saturated heterocycles. The molecule has 0 aliphatic carbocycles. The second-order valence-corrected chi connectivity index (χ2v) is 8.13. The molecule has 2 rings (SSSR count). The Labute approximate surface area is 177 Å². The van der Waals surface area contributed by atoms with E-state index in [4.69, 9.17) is 14.5 Å². The molecule has 0 aliphatic rings. The first-order chi connectivity index (χ1) is 13.8. The Balaban J connectivity index is 0.00000204. The fourth-order valence-corrected chi connectivity index (χ4v) is 3.06. The third-order valence-corrected chi connectivity index (χ3v) is 4.68. The summed E-state index contributed by atoms with van der Waals surface area (Å²) in [6.07, 6.45) is 7.02. The van der Waals surface area contributed by atoms with Crippen LogP contribution < -0.4 is 4.74 Å². The van der Waals surface area contributed by atoms with Crippen LogP contribution in [0.15, 0.2) is 24.3 Å². The van der Waals surface area contributed by atoms with Gasteiger partial charge in [-0.3, -0.25) is 9.78 Å². The van der Waals surface area contributed by atoms with Crippen LogP contribution >= 0.6 is 0 Å². The lowest BCUT2D eigenvalue weighted by atomic mass is 9.98. The quantitative estimate of drug-likeness (QED) is 0.258.